The van der Waals surface area contributed by atoms with Gasteiger partial charge >= 0.3 is 0 Å². The maximum atomic E-state index is 12.3. The molecule has 1 amide bonds. The monoisotopic (exact) mass is 259 g/mol. The molecule has 1 aliphatic heterocycles. The number of amides is 1. The van der Waals surface area contributed by atoms with Crippen LogP contribution < -0.4 is 16.2 Å². The van der Waals surface area contributed by atoms with Crippen molar-refractivity contribution in [2.45, 2.75) is 45.2 Å². The van der Waals surface area contributed by atoms with Gasteiger partial charge in [-0.05, 0) is 49.9 Å². The Morgan fingerprint density at radius 2 is 2.05 bits per heavy atom. The molecule has 1 saturated heterocycles. The summed E-state index contributed by atoms with van der Waals surface area (Å²) in [6.07, 6.45) is 3.53. The van der Waals surface area contributed by atoms with Gasteiger partial charge in [-0.25, -0.2) is 5.43 Å². The molecule has 0 radical (unpaired) electrons. The van der Waals surface area contributed by atoms with Crippen molar-refractivity contribution in [2.24, 2.45) is 5.92 Å². The number of hydrogen-bond donors (Lipinski definition) is 3. The summed E-state index contributed by atoms with van der Waals surface area (Å²) < 4.78 is 0. The number of fused-ring (bicyclic) bond motifs is 1. The first-order valence-corrected chi connectivity index (χ1v) is 7.04. The molecule has 0 bridgehead atoms. The first kappa shape index (κ1) is 12.6. The van der Waals surface area contributed by atoms with Gasteiger partial charge in [-0.3, -0.25) is 10.2 Å². The van der Waals surface area contributed by atoms with Crippen LogP contribution in [0, 0.1) is 19.8 Å². The van der Waals surface area contributed by atoms with Crippen molar-refractivity contribution in [3.8, 4) is 0 Å². The van der Waals surface area contributed by atoms with E-state index in [-0.39, 0.29) is 11.9 Å². The summed E-state index contributed by atoms with van der Waals surface area (Å²) in [6, 6.07) is 6.41. The van der Waals surface area contributed by atoms with E-state index in [1.54, 1.807) is 0 Å². The van der Waals surface area contributed by atoms with Gasteiger partial charge in [0.15, 0.2) is 0 Å². The zero-order valence-electron chi connectivity index (χ0n) is 11.5. The van der Waals surface area contributed by atoms with E-state index in [0.717, 1.165) is 12.1 Å². The normalized spacial score (nSPS) is 29.3. The number of hydrogen-bond acceptors (Lipinski definition) is 3. The average molecular weight is 259 g/mol. The largest absolute Gasteiger partial charge is 0.325 e. The lowest BCUT2D eigenvalue weighted by Crippen LogP contribution is -2.42. The van der Waals surface area contributed by atoms with Crippen LogP contribution in [0.4, 0.5) is 5.69 Å². The van der Waals surface area contributed by atoms with E-state index < -0.39 is 0 Å². The highest BCUT2D eigenvalue weighted by Crippen LogP contribution is 2.32. The molecule has 102 valence electrons. The second kappa shape index (κ2) is 4.94. The lowest BCUT2D eigenvalue weighted by molar-refractivity contribution is -0.118. The van der Waals surface area contributed by atoms with Crippen LogP contribution in [0.3, 0.4) is 0 Å². The summed E-state index contributed by atoms with van der Waals surface area (Å²) >= 11 is 0. The number of benzene rings is 1. The number of hydrazine groups is 1. The summed E-state index contributed by atoms with van der Waals surface area (Å²) in [6.45, 7) is 4.14. The van der Waals surface area contributed by atoms with E-state index >= 15 is 0 Å². The number of rotatable bonds is 2. The van der Waals surface area contributed by atoms with Gasteiger partial charge in [0.1, 0.15) is 6.04 Å². The van der Waals surface area contributed by atoms with Crippen molar-refractivity contribution in [2.75, 3.05) is 5.32 Å². The van der Waals surface area contributed by atoms with Crippen LogP contribution in [0.1, 0.15) is 30.4 Å². The minimum atomic E-state index is -0.103. The number of carbonyl (C=O) groups excluding carboxylic acids is 1. The van der Waals surface area contributed by atoms with Crippen LogP contribution in [0.2, 0.25) is 0 Å². The number of anilines is 1. The van der Waals surface area contributed by atoms with Gasteiger partial charge in [0.25, 0.3) is 0 Å². The first-order valence-electron chi connectivity index (χ1n) is 7.04. The molecule has 1 aromatic rings. The van der Waals surface area contributed by atoms with Crippen molar-refractivity contribution in [3.05, 3.63) is 29.3 Å². The molecular formula is C15H21N3O. The minimum absolute atomic E-state index is 0.0742. The quantitative estimate of drug-likeness (QED) is 0.760. The van der Waals surface area contributed by atoms with Crippen molar-refractivity contribution < 1.29 is 4.79 Å². The van der Waals surface area contributed by atoms with Gasteiger partial charge in [-0.15, -0.1) is 0 Å². The Kier molecular flexibility index (Phi) is 3.29. The van der Waals surface area contributed by atoms with Gasteiger partial charge in [0.05, 0.1) is 0 Å². The summed E-state index contributed by atoms with van der Waals surface area (Å²) in [5.74, 6) is 0.511. The molecule has 0 aromatic heterocycles. The second-order valence-electron chi connectivity index (χ2n) is 5.76. The van der Waals surface area contributed by atoms with Gasteiger partial charge in [0.2, 0.25) is 5.91 Å². The van der Waals surface area contributed by atoms with Gasteiger partial charge in [0, 0.05) is 17.6 Å². The maximum absolute atomic E-state index is 12.3. The summed E-state index contributed by atoms with van der Waals surface area (Å²) in [5.41, 5.74) is 9.72. The fourth-order valence-electron chi connectivity index (χ4n) is 3.17. The average Bonchev–Trinajstić information content (AvgIpc) is 2.95. The molecule has 1 heterocycles. The van der Waals surface area contributed by atoms with E-state index in [1.165, 1.54) is 24.0 Å². The molecule has 4 heteroatoms. The van der Waals surface area contributed by atoms with Crippen molar-refractivity contribution in [3.63, 3.8) is 0 Å². The Bertz CT molecular complexity index is 500. The van der Waals surface area contributed by atoms with E-state index in [2.05, 4.69) is 30.0 Å². The number of carbonyl (C=O) groups is 1. The van der Waals surface area contributed by atoms with E-state index in [1.807, 2.05) is 18.2 Å². The van der Waals surface area contributed by atoms with Gasteiger partial charge in [-0.2, -0.15) is 0 Å². The molecule has 3 unspecified atom stereocenters. The molecule has 3 N–H and O–H groups in total. The van der Waals surface area contributed by atoms with Crippen LogP contribution in [-0.4, -0.2) is 18.0 Å². The Morgan fingerprint density at radius 3 is 2.84 bits per heavy atom. The molecule has 3 atom stereocenters. The maximum Gasteiger partial charge on any atom is 0.243 e. The third kappa shape index (κ3) is 2.38. The highest BCUT2D eigenvalue weighted by atomic mass is 16.2. The van der Waals surface area contributed by atoms with Crippen molar-refractivity contribution in [1.82, 2.24) is 10.9 Å². The van der Waals surface area contributed by atoms with Gasteiger partial charge in [-0.1, -0.05) is 12.5 Å². The van der Waals surface area contributed by atoms with Crippen LogP contribution in [0.25, 0.3) is 0 Å². The second-order valence-corrected chi connectivity index (χ2v) is 5.76. The highest BCUT2D eigenvalue weighted by molar-refractivity contribution is 5.95. The molecule has 4 nitrogen and oxygen atoms in total. The molecule has 3 rings (SSSR count). The molecule has 1 saturated carbocycles. The third-order valence-electron chi connectivity index (χ3n) is 4.48. The number of nitrogens with one attached hydrogen (secondary N) is 3. The first-order chi connectivity index (χ1) is 9.15. The zero-order valence-corrected chi connectivity index (χ0v) is 11.5. The minimum Gasteiger partial charge on any atom is -0.325 e. The zero-order chi connectivity index (χ0) is 13.4. The molecule has 1 aliphatic carbocycles. The molecule has 19 heavy (non-hydrogen) atoms. The third-order valence-corrected chi connectivity index (χ3v) is 4.48. The summed E-state index contributed by atoms with van der Waals surface area (Å²) in [7, 11) is 0. The fourth-order valence-corrected chi connectivity index (χ4v) is 3.17. The van der Waals surface area contributed by atoms with Crippen LogP contribution in [-0.2, 0) is 4.79 Å². The number of aryl methyl sites for hydroxylation is 2. The predicted molar refractivity (Wildman–Crippen MR) is 75.7 cm³/mol. The lowest BCUT2D eigenvalue weighted by Gasteiger charge is -2.17. The predicted octanol–water partition coefficient (Wildman–Crippen LogP) is 1.89. The van der Waals surface area contributed by atoms with E-state index in [0.29, 0.717) is 12.0 Å². The topological polar surface area (TPSA) is 53.2 Å². The Balaban J connectivity index is 1.69. The molecule has 0 spiro atoms. The summed E-state index contributed by atoms with van der Waals surface area (Å²) in [4.78, 5) is 12.3. The molecule has 1 aromatic carbocycles. The van der Waals surface area contributed by atoms with Crippen LogP contribution in [0.5, 0.6) is 0 Å². The lowest BCUT2D eigenvalue weighted by atomic mass is 9.96. The molecular weight excluding hydrogens is 238 g/mol. The summed E-state index contributed by atoms with van der Waals surface area (Å²) in [5, 5.41) is 3.02. The van der Waals surface area contributed by atoms with Crippen molar-refractivity contribution >= 4 is 11.6 Å². The van der Waals surface area contributed by atoms with Crippen molar-refractivity contribution in [1.29, 1.82) is 0 Å². The van der Waals surface area contributed by atoms with Crippen LogP contribution in [0.15, 0.2) is 18.2 Å². The molecule has 2 fully saturated rings. The standard InChI is InChI=1S/C15H21N3O/c1-9-6-7-11(8-10(9)2)16-15(19)14-12-4-3-5-13(12)17-18-14/h6-8,12-14,17-18H,3-5H2,1-2H3,(H,16,19). The van der Waals surface area contributed by atoms with E-state index in [9.17, 15) is 4.79 Å². The highest BCUT2D eigenvalue weighted by Gasteiger charge is 2.42. The van der Waals surface area contributed by atoms with Gasteiger partial charge < -0.3 is 5.32 Å². The Morgan fingerprint density at radius 1 is 1.21 bits per heavy atom. The van der Waals surface area contributed by atoms with E-state index in [4.69, 9.17) is 0 Å². The SMILES string of the molecule is Cc1ccc(NC(=O)C2NNC3CCCC32)cc1C. The fraction of sp³-hybridized carbons (Fsp3) is 0.533. The molecule has 2 aliphatic rings. The van der Waals surface area contributed by atoms with Crippen LogP contribution >= 0.6 is 0 Å². The smallest absolute Gasteiger partial charge is 0.243 e. The Hall–Kier alpha value is -1.39. The Labute approximate surface area is 113 Å².